The van der Waals surface area contributed by atoms with Gasteiger partial charge in [-0.15, -0.1) is 0 Å². The second kappa shape index (κ2) is 9.10. The third kappa shape index (κ3) is 5.04. The molecule has 2 aromatic carbocycles. The second-order valence-electron chi connectivity index (χ2n) is 6.76. The van der Waals surface area contributed by atoms with Crippen LogP contribution in [0.4, 0.5) is 11.4 Å². The molecule has 1 aliphatic rings. The highest BCUT2D eigenvalue weighted by atomic mass is 16.6. The largest absolute Gasteiger partial charge is 0.486 e. The van der Waals surface area contributed by atoms with Gasteiger partial charge < -0.3 is 20.1 Å². The Morgan fingerprint density at radius 2 is 1.72 bits per heavy atom. The summed E-state index contributed by atoms with van der Waals surface area (Å²) in [5.41, 5.74) is 3.29. The third-order valence-electron chi connectivity index (χ3n) is 4.59. The predicted molar refractivity (Wildman–Crippen MR) is 112 cm³/mol. The fraction of sp³-hybridized carbons (Fsp3) is 0.217. The minimum atomic E-state index is -0.177. The average Bonchev–Trinajstić information content (AvgIpc) is 2.77. The zero-order valence-corrected chi connectivity index (χ0v) is 16.1. The number of carbonyl (C=O) groups excluding carboxylic acids is 1. The first-order chi connectivity index (χ1) is 14.3. The average molecular weight is 389 g/mol. The minimum Gasteiger partial charge on any atom is -0.486 e. The molecular weight excluding hydrogens is 366 g/mol. The summed E-state index contributed by atoms with van der Waals surface area (Å²) in [6.07, 6.45) is 3.43. The first-order valence-corrected chi connectivity index (χ1v) is 9.73. The minimum absolute atomic E-state index is 0.177. The summed E-state index contributed by atoms with van der Waals surface area (Å²) in [4.78, 5) is 16.6. The number of ether oxygens (including phenoxy) is 2. The number of nitrogens with zero attached hydrogens (tertiary/aromatic N) is 1. The Labute approximate surface area is 169 Å². The van der Waals surface area contributed by atoms with Crippen LogP contribution in [-0.4, -0.2) is 30.6 Å². The quantitative estimate of drug-likeness (QED) is 0.599. The van der Waals surface area contributed by atoms with Crippen molar-refractivity contribution in [2.45, 2.75) is 12.8 Å². The van der Waals surface area contributed by atoms with Crippen molar-refractivity contribution in [3.63, 3.8) is 0 Å². The van der Waals surface area contributed by atoms with E-state index in [4.69, 9.17) is 9.47 Å². The number of aromatic nitrogens is 1. The van der Waals surface area contributed by atoms with Gasteiger partial charge in [0, 0.05) is 30.2 Å². The van der Waals surface area contributed by atoms with Crippen molar-refractivity contribution in [3.05, 3.63) is 78.1 Å². The molecular formula is C23H23N3O3. The summed E-state index contributed by atoms with van der Waals surface area (Å²) in [5.74, 6) is 1.28. The number of anilines is 2. The molecule has 1 aliphatic heterocycles. The number of carbonyl (C=O) groups is 1. The van der Waals surface area contributed by atoms with E-state index in [0.29, 0.717) is 31.2 Å². The van der Waals surface area contributed by atoms with Crippen molar-refractivity contribution in [1.82, 2.24) is 10.3 Å². The molecule has 0 bridgehead atoms. The maximum absolute atomic E-state index is 12.4. The first kappa shape index (κ1) is 18.8. The smallest absolute Gasteiger partial charge is 0.269 e. The third-order valence-corrected chi connectivity index (χ3v) is 4.59. The summed E-state index contributed by atoms with van der Waals surface area (Å²) in [5, 5.41) is 6.22. The Kier molecular flexibility index (Phi) is 5.90. The standard InChI is InChI=1S/C23H23N3O3/c27-23(25-11-4-7-17-5-2-1-3-6-17)20-15-19(10-12-24-20)26-18-8-9-21-22(16-18)29-14-13-28-21/h1-3,5-6,8-10,12,15-16H,4,7,11,13-14H2,(H,24,26)(H,25,27). The number of aryl methyl sites for hydroxylation is 1. The number of rotatable bonds is 7. The number of fused-ring (bicyclic) bond motifs is 1. The van der Waals surface area contributed by atoms with Crippen LogP contribution in [0.3, 0.4) is 0 Å². The van der Waals surface area contributed by atoms with Gasteiger partial charge in [-0.3, -0.25) is 9.78 Å². The molecule has 0 saturated carbocycles. The number of amides is 1. The van der Waals surface area contributed by atoms with E-state index in [1.807, 2.05) is 42.5 Å². The highest BCUT2D eigenvalue weighted by Crippen LogP contribution is 2.33. The van der Waals surface area contributed by atoms with Gasteiger partial charge in [0.05, 0.1) is 0 Å². The Morgan fingerprint density at radius 1 is 0.931 bits per heavy atom. The highest BCUT2D eigenvalue weighted by molar-refractivity contribution is 5.93. The molecule has 6 heteroatoms. The second-order valence-corrected chi connectivity index (χ2v) is 6.76. The molecule has 1 amide bonds. The normalized spacial score (nSPS) is 12.3. The van der Waals surface area contributed by atoms with Crippen molar-refractivity contribution in [3.8, 4) is 11.5 Å². The van der Waals surface area contributed by atoms with Crippen LogP contribution in [0.15, 0.2) is 66.9 Å². The summed E-state index contributed by atoms with van der Waals surface area (Å²) in [6.45, 7) is 1.71. The van der Waals surface area contributed by atoms with Crippen LogP contribution in [0.25, 0.3) is 0 Å². The number of hydrogen-bond donors (Lipinski definition) is 2. The van der Waals surface area contributed by atoms with Crippen LogP contribution in [-0.2, 0) is 6.42 Å². The van der Waals surface area contributed by atoms with Crippen LogP contribution in [0.1, 0.15) is 22.5 Å². The van der Waals surface area contributed by atoms with Gasteiger partial charge in [0.25, 0.3) is 5.91 Å². The van der Waals surface area contributed by atoms with Gasteiger partial charge in [-0.1, -0.05) is 30.3 Å². The van der Waals surface area contributed by atoms with E-state index in [9.17, 15) is 4.79 Å². The van der Waals surface area contributed by atoms with E-state index in [1.54, 1.807) is 12.3 Å². The molecule has 0 radical (unpaired) electrons. The van der Waals surface area contributed by atoms with Gasteiger partial charge in [-0.05, 0) is 42.7 Å². The van der Waals surface area contributed by atoms with Gasteiger partial charge in [0.2, 0.25) is 0 Å². The highest BCUT2D eigenvalue weighted by Gasteiger charge is 2.12. The molecule has 1 aromatic heterocycles. The lowest BCUT2D eigenvalue weighted by Gasteiger charge is -2.19. The van der Waals surface area contributed by atoms with Gasteiger partial charge in [0.1, 0.15) is 18.9 Å². The molecule has 0 fully saturated rings. The topological polar surface area (TPSA) is 72.5 Å². The van der Waals surface area contributed by atoms with Crippen molar-refractivity contribution < 1.29 is 14.3 Å². The Bertz CT molecular complexity index is 976. The van der Waals surface area contributed by atoms with Gasteiger partial charge >= 0.3 is 0 Å². The molecule has 0 saturated heterocycles. The van der Waals surface area contributed by atoms with E-state index < -0.39 is 0 Å². The van der Waals surface area contributed by atoms with Crippen LogP contribution >= 0.6 is 0 Å². The fourth-order valence-electron chi connectivity index (χ4n) is 3.15. The molecule has 148 valence electrons. The predicted octanol–water partition coefficient (Wildman–Crippen LogP) is 3.96. The Hall–Kier alpha value is -3.54. The van der Waals surface area contributed by atoms with Crippen molar-refractivity contribution in [1.29, 1.82) is 0 Å². The molecule has 2 N–H and O–H groups in total. The molecule has 0 atom stereocenters. The summed E-state index contributed by atoms with van der Waals surface area (Å²) in [7, 11) is 0. The Morgan fingerprint density at radius 3 is 2.59 bits per heavy atom. The lowest BCUT2D eigenvalue weighted by molar-refractivity contribution is 0.0948. The molecule has 6 nitrogen and oxygen atoms in total. The lowest BCUT2D eigenvalue weighted by Crippen LogP contribution is -2.25. The van der Waals surface area contributed by atoms with Gasteiger partial charge in [-0.2, -0.15) is 0 Å². The van der Waals surface area contributed by atoms with E-state index in [2.05, 4.69) is 27.8 Å². The maximum Gasteiger partial charge on any atom is 0.269 e. The van der Waals surface area contributed by atoms with Gasteiger partial charge in [-0.25, -0.2) is 0 Å². The molecule has 3 aromatic rings. The molecule has 2 heterocycles. The summed E-state index contributed by atoms with van der Waals surface area (Å²) >= 11 is 0. The number of benzene rings is 2. The monoisotopic (exact) mass is 389 g/mol. The molecule has 4 rings (SSSR count). The Balaban J connectivity index is 1.32. The zero-order chi connectivity index (χ0) is 19.9. The number of pyridine rings is 1. The molecule has 29 heavy (non-hydrogen) atoms. The summed E-state index contributed by atoms with van der Waals surface area (Å²) in [6, 6.07) is 19.5. The maximum atomic E-state index is 12.4. The van der Waals surface area contributed by atoms with Crippen molar-refractivity contribution in [2.24, 2.45) is 0 Å². The van der Waals surface area contributed by atoms with Crippen LogP contribution in [0, 0.1) is 0 Å². The van der Waals surface area contributed by atoms with Crippen LogP contribution < -0.4 is 20.1 Å². The molecule has 0 spiro atoms. The van der Waals surface area contributed by atoms with E-state index >= 15 is 0 Å². The number of nitrogens with one attached hydrogen (secondary N) is 2. The lowest BCUT2D eigenvalue weighted by atomic mass is 10.1. The summed E-state index contributed by atoms with van der Waals surface area (Å²) < 4.78 is 11.1. The molecule has 0 aliphatic carbocycles. The van der Waals surface area contributed by atoms with Gasteiger partial charge in [0.15, 0.2) is 11.5 Å². The zero-order valence-electron chi connectivity index (χ0n) is 16.1. The van der Waals surface area contributed by atoms with Crippen LogP contribution in [0.2, 0.25) is 0 Å². The fourth-order valence-corrected chi connectivity index (χ4v) is 3.15. The van der Waals surface area contributed by atoms with E-state index in [0.717, 1.165) is 30.0 Å². The van der Waals surface area contributed by atoms with E-state index in [-0.39, 0.29) is 5.91 Å². The van der Waals surface area contributed by atoms with Crippen molar-refractivity contribution >= 4 is 17.3 Å². The number of hydrogen-bond acceptors (Lipinski definition) is 5. The van der Waals surface area contributed by atoms with E-state index in [1.165, 1.54) is 5.56 Å². The SMILES string of the molecule is O=C(NCCCc1ccccc1)c1cc(Nc2ccc3c(c2)OCCO3)ccn1. The van der Waals surface area contributed by atoms with Crippen LogP contribution in [0.5, 0.6) is 11.5 Å². The molecule has 0 unspecified atom stereocenters. The van der Waals surface area contributed by atoms with Crippen molar-refractivity contribution in [2.75, 3.05) is 25.1 Å². The first-order valence-electron chi connectivity index (χ1n) is 9.73.